The van der Waals surface area contributed by atoms with Crippen molar-refractivity contribution in [1.29, 1.82) is 0 Å². The maximum atomic E-state index is 13.7. The van der Waals surface area contributed by atoms with Crippen LogP contribution in [-0.4, -0.2) is 25.0 Å². The molecule has 0 aliphatic carbocycles. The molecule has 29 heavy (non-hydrogen) atoms. The Bertz CT molecular complexity index is 1080. The Balaban J connectivity index is 1.98. The molecule has 3 rings (SSSR count). The van der Waals surface area contributed by atoms with Crippen molar-refractivity contribution in [1.82, 2.24) is 4.98 Å². The first-order valence-electron chi connectivity index (χ1n) is 8.19. The van der Waals surface area contributed by atoms with E-state index in [1.807, 2.05) is 0 Å². The van der Waals surface area contributed by atoms with Gasteiger partial charge in [0.2, 0.25) is 0 Å². The number of hydrogen-bond donors (Lipinski definition) is 0. The van der Waals surface area contributed by atoms with Gasteiger partial charge < -0.3 is 14.4 Å². The zero-order chi connectivity index (χ0) is 21.1. The van der Waals surface area contributed by atoms with Crippen LogP contribution >= 0.6 is 23.2 Å². The standard InChI is InChI=1S/C20H14Cl2F2N2O3/c1-26(16-8-14(23)15(24)9-19(16)28-2)20(27)12-10-25-6-5-17(12)29-18-7-11(21)3-4-13(18)22/h3-10H,1-2H3. The van der Waals surface area contributed by atoms with Crippen LogP contribution in [0.1, 0.15) is 10.4 Å². The molecule has 0 spiro atoms. The summed E-state index contributed by atoms with van der Waals surface area (Å²) in [6.07, 6.45) is 2.72. The van der Waals surface area contributed by atoms with Gasteiger partial charge in [0, 0.05) is 42.7 Å². The van der Waals surface area contributed by atoms with Crippen LogP contribution in [0, 0.1) is 11.6 Å². The fourth-order valence-electron chi connectivity index (χ4n) is 2.54. The van der Waals surface area contributed by atoms with Crippen molar-refractivity contribution < 1.29 is 23.0 Å². The Kier molecular flexibility index (Phi) is 6.20. The highest BCUT2D eigenvalue weighted by molar-refractivity contribution is 6.34. The molecule has 0 aliphatic rings. The molecule has 150 valence electrons. The van der Waals surface area contributed by atoms with Gasteiger partial charge in [-0.15, -0.1) is 0 Å². The lowest BCUT2D eigenvalue weighted by molar-refractivity contribution is 0.0989. The van der Waals surface area contributed by atoms with E-state index in [9.17, 15) is 13.6 Å². The summed E-state index contributed by atoms with van der Waals surface area (Å²) in [4.78, 5) is 18.1. The van der Waals surface area contributed by atoms with E-state index in [4.69, 9.17) is 32.7 Å². The predicted molar refractivity (Wildman–Crippen MR) is 106 cm³/mol. The molecule has 3 aromatic rings. The van der Waals surface area contributed by atoms with Crippen LogP contribution in [0.2, 0.25) is 10.0 Å². The molecule has 1 heterocycles. The zero-order valence-electron chi connectivity index (χ0n) is 15.2. The largest absolute Gasteiger partial charge is 0.494 e. The van der Waals surface area contributed by atoms with Crippen LogP contribution in [-0.2, 0) is 0 Å². The van der Waals surface area contributed by atoms with Gasteiger partial charge in [-0.05, 0) is 18.2 Å². The van der Waals surface area contributed by atoms with Crippen LogP contribution in [0.5, 0.6) is 17.2 Å². The molecule has 0 unspecified atom stereocenters. The number of carbonyl (C=O) groups is 1. The maximum absolute atomic E-state index is 13.7. The first-order valence-corrected chi connectivity index (χ1v) is 8.95. The Morgan fingerprint density at radius 3 is 2.48 bits per heavy atom. The molecule has 9 heteroatoms. The number of rotatable bonds is 5. The van der Waals surface area contributed by atoms with E-state index >= 15 is 0 Å². The van der Waals surface area contributed by atoms with Gasteiger partial charge in [-0.1, -0.05) is 23.2 Å². The molecule has 1 aromatic heterocycles. The SMILES string of the molecule is COc1cc(F)c(F)cc1N(C)C(=O)c1cnccc1Oc1cc(Cl)ccc1Cl. The summed E-state index contributed by atoms with van der Waals surface area (Å²) in [5, 5.41) is 0.690. The number of pyridine rings is 1. The summed E-state index contributed by atoms with van der Waals surface area (Å²) in [6, 6.07) is 7.86. The predicted octanol–water partition coefficient (Wildman–Crippen LogP) is 5.74. The number of aromatic nitrogens is 1. The van der Waals surface area contributed by atoms with Crippen LogP contribution in [0.15, 0.2) is 48.8 Å². The van der Waals surface area contributed by atoms with Crippen molar-refractivity contribution in [3.05, 3.63) is 76.0 Å². The molecular weight excluding hydrogens is 425 g/mol. The lowest BCUT2D eigenvalue weighted by Gasteiger charge is -2.21. The van der Waals surface area contributed by atoms with Gasteiger partial charge in [0.15, 0.2) is 11.6 Å². The number of methoxy groups -OCH3 is 1. The van der Waals surface area contributed by atoms with E-state index in [0.29, 0.717) is 10.0 Å². The molecule has 0 aliphatic heterocycles. The van der Waals surface area contributed by atoms with Crippen molar-refractivity contribution in [3.8, 4) is 17.2 Å². The number of hydrogen-bond acceptors (Lipinski definition) is 4. The molecule has 0 fully saturated rings. The molecule has 0 saturated carbocycles. The van der Waals surface area contributed by atoms with Crippen LogP contribution < -0.4 is 14.4 Å². The molecule has 5 nitrogen and oxygen atoms in total. The van der Waals surface area contributed by atoms with Gasteiger partial charge in [-0.3, -0.25) is 9.78 Å². The first kappa shape index (κ1) is 20.8. The lowest BCUT2D eigenvalue weighted by Crippen LogP contribution is -2.27. The number of anilines is 1. The van der Waals surface area contributed by atoms with Crippen LogP contribution in [0.25, 0.3) is 0 Å². The highest BCUT2D eigenvalue weighted by Gasteiger charge is 2.23. The summed E-state index contributed by atoms with van der Waals surface area (Å²) in [5.41, 5.74) is 0.102. The Morgan fingerprint density at radius 2 is 1.76 bits per heavy atom. The number of ether oxygens (including phenoxy) is 2. The molecule has 0 bridgehead atoms. The van der Waals surface area contributed by atoms with E-state index < -0.39 is 17.5 Å². The Morgan fingerprint density at radius 1 is 1.03 bits per heavy atom. The van der Waals surface area contributed by atoms with Gasteiger partial charge in [0.1, 0.15) is 22.8 Å². The summed E-state index contributed by atoms with van der Waals surface area (Å²) in [7, 11) is 2.68. The van der Waals surface area contributed by atoms with Crippen LogP contribution in [0.3, 0.4) is 0 Å². The van der Waals surface area contributed by atoms with E-state index in [2.05, 4.69) is 4.98 Å². The highest BCUT2D eigenvalue weighted by Crippen LogP contribution is 2.35. The fourth-order valence-corrected chi connectivity index (χ4v) is 2.86. The third-order valence-corrected chi connectivity index (χ3v) is 4.56. The van der Waals surface area contributed by atoms with Gasteiger partial charge in [-0.2, -0.15) is 0 Å². The van der Waals surface area contributed by atoms with Crippen molar-refractivity contribution in [2.24, 2.45) is 0 Å². The third-order valence-electron chi connectivity index (χ3n) is 4.01. The Hall–Kier alpha value is -2.90. The molecule has 2 aromatic carbocycles. The molecular formula is C20H14Cl2F2N2O3. The minimum Gasteiger partial charge on any atom is -0.494 e. The van der Waals surface area contributed by atoms with Crippen molar-refractivity contribution >= 4 is 34.8 Å². The normalized spacial score (nSPS) is 10.6. The topological polar surface area (TPSA) is 51.7 Å². The molecule has 0 N–H and O–H groups in total. The fraction of sp³-hybridized carbons (Fsp3) is 0.100. The average molecular weight is 439 g/mol. The highest BCUT2D eigenvalue weighted by atomic mass is 35.5. The number of halogens is 4. The molecule has 1 amide bonds. The maximum Gasteiger partial charge on any atom is 0.263 e. The Labute approximate surface area is 175 Å². The van der Waals surface area contributed by atoms with Gasteiger partial charge in [0.25, 0.3) is 5.91 Å². The van der Waals surface area contributed by atoms with E-state index in [1.165, 1.54) is 38.7 Å². The molecule has 0 atom stereocenters. The number of benzene rings is 2. The van der Waals surface area contributed by atoms with Crippen molar-refractivity contribution in [3.63, 3.8) is 0 Å². The van der Waals surface area contributed by atoms with E-state index in [0.717, 1.165) is 17.0 Å². The average Bonchev–Trinajstić information content (AvgIpc) is 2.71. The second-order valence-electron chi connectivity index (χ2n) is 5.85. The van der Waals surface area contributed by atoms with E-state index in [1.54, 1.807) is 12.1 Å². The monoisotopic (exact) mass is 438 g/mol. The van der Waals surface area contributed by atoms with Gasteiger partial charge >= 0.3 is 0 Å². The number of nitrogens with zero attached hydrogens (tertiary/aromatic N) is 2. The van der Waals surface area contributed by atoms with Crippen molar-refractivity contribution in [2.75, 3.05) is 19.1 Å². The van der Waals surface area contributed by atoms with Gasteiger partial charge in [0.05, 0.1) is 17.8 Å². The summed E-state index contributed by atoms with van der Waals surface area (Å²) in [6.45, 7) is 0. The minimum absolute atomic E-state index is 0.0102. The third kappa shape index (κ3) is 4.41. The number of carbonyl (C=O) groups excluding carboxylic acids is 1. The summed E-state index contributed by atoms with van der Waals surface area (Å²) >= 11 is 12.1. The smallest absolute Gasteiger partial charge is 0.263 e. The quantitative estimate of drug-likeness (QED) is 0.509. The lowest BCUT2D eigenvalue weighted by atomic mass is 10.2. The first-order chi connectivity index (χ1) is 13.8. The van der Waals surface area contributed by atoms with Gasteiger partial charge in [-0.25, -0.2) is 8.78 Å². The number of amides is 1. The van der Waals surface area contributed by atoms with E-state index in [-0.39, 0.29) is 28.5 Å². The second-order valence-corrected chi connectivity index (χ2v) is 6.69. The second kappa shape index (κ2) is 8.63. The minimum atomic E-state index is -1.12. The zero-order valence-corrected chi connectivity index (χ0v) is 16.8. The summed E-state index contributed by atoms with van der Waals surface area (Å²) in [5.74, 6) is -2.41. The summed E-state index contributed by atoms with van der Waals surface area (Å²) < 4.78 is 38.1. The molecule has 0 saturated heterocycles. The van der Waals surface area contributed by atoms with Crippen molar-refractivity contribution in [2.45, 2.75) is 0 Å². The molecule has 0 radical (unpaired) electrons. The van der Waals surface area contributed by atoms with Crippen LogP contribution in [0.4, 0.5) is 14.5 Å².